The maximum Gasteiger partial charge on any atom is 0.328 e. The van der Waals surface area contributed by atoms with Gasteiger partial charge in [0, 0.05) is 41.0 Å². The van der Waals surface area contributed by atoms with E-state index in [1.165, 1.54) is 4.90 Å². The van der Waals surface area contributed by atoms with Gasteiger partial charge in [0.2, 0.25) is 0 Å². The summed E-state index contributed by atoms with van der Waals surface area (Å²) in [7, 11) is 0. The highest BCUT2D eigenvalue weighted by Crippen LogP contribution is 2.35. The van der Waals surface area contributed by atoms with E-state index >= 15 is 0 Å². The van der Waals surface area contributed by atoms with E-state index in [1.807, 2.05) is 42.5 Å². The highest BCUT2D eigenvalue weighted by molar-refractivity contribution is 5.89. The predicted octanol–water partition coefficient (Wildman–Crippen LogP) is 2.56. The quantitative estimate of drug-likeness (QED) is 0.576. The molecule has 26 heavy (non-hydrogen) atoms. The molecule has 6 heteroatoms. The molecule has 0 fully saturated rings. The van der Waals surface area contributed by atoms with Gasteiger partial charge in [0.25, 0.3) is 0 Å². The number of hydrogen-bond donors (Lipinski definition) is 3. The zero-order valence-electron chi connectivity index (χ0n) is 17.0. The number of benzene rings is 2. The van der Waals surface area contributed by atoms with Crippen LogP contribution in [0.1, 0.15) is 26.7 Å². The highest BCUT2D eigenvalue weighted by Gasteiger charge is 2.25. The Morgan fingerprint density at radius 3 is 2.35 bits per heavy atom. The molecule has 2 aromatic carbocycles. The van der Waals surface area contributed by atoms with Crippen molar-refractivity contribution in [1.29, 1.82) is 0 Å². The van der Waals surface area contributed by atoms with Gasteiger partial charge in [-0.1, -0.05) is 42.5 Å². The number of nitrogens with zero attached hydrogens (tertiary/aromatic N) is 1. The molecule has 0 aliphatic carbocycles. The largest absolute Gasteiger partial charge is 0.478 e. The Bertz CT molecular complexity index is 882. The topological polar surface area (TPSA) is 104 Å². The zero-order chi connectivity index (χ0) is 21.6. The van der Waals surface area contributed by atoms with Crippen LogP contribution in [0.25, 0.3) is 0 Å². The normalized spacial score (nSPS) is 18.6. The molecule has 6 nitrogen and oxygen atoms in total. The first kappa shape index (κ1) is 15.2. The third-order valence-corrected chi connectivity index (χ3v) is 3.95. The van der Waals surface area contributed by atoms with Crippen LogP contribution in [-0.4, -0.2) is 40.6 Å². The van der Waals surface area contributed by atoms with Gasteiger partial charge in [-0.15, -0.1) is 0 Å². The van der Waals surface area contributed by atoms with Crippen LogP contribution in [0.15, 0.2) is 60.7 Å². The monoisotopic (exact) mass is 357 g/mol. The second kappa shape index (κ2) is 8.82. The number of aliphatic carboxylic acids is 2. The molecule has 2 aromatic rings. The lowest BCUT2D eigenvalue weighted by Crippen LogP contribution is -2.31. The van der Waals surface area contributed by atoms with Crippen LogP contribution in [0.5, 0.6) is 0 Å². The summed E-state index contributed by atoms with van der Waals surface area (Å²) in [5, 5.41) is 15.6. The molecule has 3 rings (SSSR count). The van der Waals surface area contributed by atoms with E-state index in [-0.39, 0.29) is 5.92 Å². The summed E-state index contributed by atoms with van der Waals surface area (Å²) in [6, 6.07) is 15.8. The predicted molar refractivity (Wildman–Crippen MR) is 99.9 cm³/mol. The van der Waals surface area contributed by atoms with E-state index in [0.717, 1.165) is 16.7 Å². The van der Waals surface area contributed by atoms with Crippen LogP contribution < -0.4 is 5.73 Å². The van der Waals surface area contributed by atoms with Crippen molar-refractivity contribution in [3.63, 3.8) is 0 Å². The molecule has 0 saturated carbocycles. The van der Waals surface area contributed by atoms with E-state index in [1.54, 1.807) is 0 Å². The molecule has 0 amide bonds. The van der Waals surface area contributed by atoms with E-state index in [0.29, 0.717) is 30.9 Å². The van der Waals surface area contributed by atoms with Gasteiger partial charge in [0.05, 0.1) is 0 Å². The molecular weight excluding hydrogens is 332 g/mol. The first-order chi connectivity index (χ1) is 13.6. The average molecular weight is 357 g/mol. The number of nitrogen functional groups attached to an aromatic ring is 1. The highest BCUT2D eigenvalue weighted by atomic mass is 16.4. The zero-order valence-corrected chi connectivity index (χ0v) is 14.0. The van der Waals surface area contributed by atoms with Crippen LogP contribution in [-0.2, 0) is 16.1 Å². The molecule has 1 aliphatic rings. The smallest absolute Gasteiger partial charge is 0.328 e. The lowest BCUT2D eigenvalue weighted by molar-refractivity contribution is -0.134. The van der Waals surface area contributed by atoms with Crippen LogP contribution >= 0.6 is 0 Å². The van der Waals surface area contributed by atoms with Crippen molar-refractivity contribution in [1.82, 2.24) is 4.90 Å². The Hall–Kier alpha value is -3.12. The number of anilines is 1. The summed E-state index contributed by atoms with van der Waals surface area (Å²) in [6.45, 7) is -1.24. The molecule has 0 radical (unpaired) electrons. The van der Waals surface area contributed by atoms with Crippen LogP contribution in [0.2, 0.25) is 0 Å². The van der Waals surface area contributed by atoms with E-state index in [4.69, 9.17) is 20.1 Å². The molecule has 1 atom stereocenters. The van der Waals surface area contributed by atoms with Gasteiger partial charge in [-0.25, -0.2) is 9.59 Å². The first-order valence-corrected chi connectivity index (χ1v) is 7.90. The van der Waals surface area contributed by atoms with Gasteiger partial charge in [-0.2, -0.15) is 0 Å². The number of fused-ring (bicyclic) bond motifs is 1. The Morgan fingerprint density at radius 1 is 1.12 bits per heavy atom. The number of hydrogen-bond acceptors (Lipinski definition) is 4. The van der Waals surface area contributed by atoms with E-state index in [2.05, 4.69) is 6.07 Å². The summed E-state index contributed by atoms with van der Waals surface area (Å²) in [5.41, 5.74) is 9.95. The van der Waals surface area contributed by atoms with Crippen molar-refractivity contribution in [3.8, 4) is 0 Å². The van der Waals surface area contributed by atoms with Gasteiger partial charge < -0.3 is 20.8 Å². The first-order valence-electron chi connectivity index (χ1n) is 9.40. The maximum absolute atomic E-state index is 9.55. The van der Waals surface area contributed by atoms with Gasteiger partial charge in [0.1, 0.15) is 0 Å². The van der Waals surface area contributed by atoms with Crippen molar-refractivity contribution in [3.05, 3.63) is 77.4 Å². The number of nitrogens with two attached hydrogens (primary N) is 1. The summed E-state index contributed by atoms with van der Waals surface area (Å²) in [6.07, 6.45) is 1.12. The Labute approximate surface area is 156 Å². The van der Waals surface area contributed by atoms with Crippen LogP contribution in [0.3, 0.4) is 0 Å². The summed E-state index contributed by atoms with van der Waals surface area (Å²) >= 11 is 0. The Kier molecular flexibility index (Phi) is 5.14. The van der Waals surface area contributed by atoms with E-state index in [9.17, 15) is 9.59 Å². The minimum atomic E-state index is -2.10. The molecule has 0 saturated heterocycles. The van der Waals surface area contributed by atoms with Gasteiger partial charge in [0.15, 0.2) is 0 Å². The number of likely N-dealkylation sites (N-methyl/N-ethyl adjacent to an activating group) is 1. The molecule has 1 unspecified atom stereocenters. The molecule has 136 valence electrons. The van der Waals surface area contributed by atoms with Crippen molar-refractivity contribution in [2.45, 2.75) is 12.5 Å². The molecule has 1 aliphatic heterocycles. The standard InChI is InChI=1S/C16H18N2.C4H4O4/c1-18-10-14(12-6-3-2-4-7-12)13-8-5-9-16(17)15(13)11-18;5-3(6)1-2-4(7)8/h2-9,14H,10-11,17H2,1H3;1-2H,(H,5,6)(H,7,8)/i1D3;. The summed E-state index contributed by atoms with van der Waals surface area (Å²) in [4.78, 5) is 20.6. The number of rotatable bonds is 3. The number of carbonyl (C=O) groups is 2. The van der Waals surface area contributed by atoms with Crippen molar-refractivity contribution in [2.75, 3.05) is 19.3 Å². The third-order valence-electron chi connectivity index (χ3n) is 3.95. The van der Waals surface area contributed by atoms with Crippen molar-refractivity contribution < 1.29 is 23.9 Å². The third kappa shape index (κ3) is 5.19. The van der Waals surface area contributed by atoms with Crippen molar-refractivity contribution in [2.24, 2.45) is 0 Å². The van der Waals surface area contributed by atoms with Crippen LogP contribution in [0, 0.1) is 0 Å². The molecular formula is C20H22N2O4. The minimum Gasteiger partial charge on any atom is -0.478 e. The van der Waals surface area contributed by atoms with Crippen molar-refractivity contribution >= 4 is 17.6 Å². The lowest BCUT2D eigenvalue weighted by atomic mass is 9.84. The Balaban J connectivity index is 0.000000321. The molecule has 1 heterocycles. The molecule has 0 aromatic heterocycles. The Morgan fingerprint density at radius 2 is 1.77 bits per heavy atom. The minimum absolute atomic E-state index is 0.0406. The SMILES string of the molecule is O=C(O)C=CC(=O)O.[2H]C([2H])([2H])N1Cc2c(N)cccc2C(c2ccccc2)C1. The second-order valence-corrected chi connectivity index (χ2v) is 5.77. The molecule has 0 spiro atoms. The molecule has 4 N–H and O–H groups in total. The fourth-order valence-electron chi connectivity index (χ4n) is 2.82. The number of carboxylic acid groups (broad SMARTS) is 2. The van der Waals surface area contributed by atoms with Gasteiger partial charge in [-0.05, 0) is 29.7 Å². The van der Waals surface area contributed by atoms with E-state index < -0.39 is 18.9 Å². The summed E-state index contributed by atoms with van der Waals surface area (Å²) in [5.74, 6) is -2.47. The maximum atomic E-state index is 9.55. The fraction of sp³-hybridized carbons (Fsp3) is 0.200. The van der Waals surface area contributed by atoms with Crippen LogP contribution in [0.4, 0.5) is 5.69 Å². The fourth-order valence-corrected chi connectivity index (χ4v) is 2.82. The second-order valence-electron chi connectivity index (χ2n) is 5.77. The summed E-state index contributed by atoms with van der Waals surface area (Å²) < 4.78 is 23.1. The number of carboxylic acids is 2. The van der Waals surface area contributed by atoms with Gasteiger partial charge in [-0.3, -0.25) is 0 Å². The lowest BCUT2D eigenvalue weighted by Gasteiger charge is -2.33. The van der Waals surface area contributed by atoms with Gasteiger partial charge >= 0.3 is 11.9 Å². The average Bonchev–Trinajstić information content (AvgIpc) is 2.66. The molecule has 0 bridgehead atoms.